The number of hydrogen-bond donors (Lipinski definition) is 2. The third kappa shape index (κ3) is 5.36. The lowest BCUT2D eigenvalue weighted by Crippen LogP contribution is -2.50. The molecule has 1 heterocycles. The number of hydrogen-bond acceptors (Lipinski definition) is 3. The lowest BCUT2D eigenvalue weighted by Gasteiger charge is -2.35. The maximum Gasteiger partial charge on any atom is 0.317 e. The van der Waals surface area contributed by atoms with Gasteiger partial charge in [-0.1, -0.05) is 44.9 Å². The number of nitrogens with one attached hydrogen (secondary N) is 2. The van der Waals surface area contributed by atoms with Gasteiger partial charge in [-0.25, -0.2) is 4.79 Å². The summed E-state index contributed by atoms with van der Waals surface area (Å²) >= 11 is 0. The van der Waals surface area contributed by atoms with Gasteiger partial charge in [0.2, 0.25) is 0 Å². The van der Waals surface area contributed by atoms with E-state index in [1.807, 2.05) is 0 Å². The van der Waals surface area contributed by atoms with Gasteiger partial charge in [0, 0.05) is 25.7 Å². The molecule has 5 heteroatoms. The highest BCUT2D eigenvalue weighted by molar-refractivity contribution is 5.74. The zero-order valence-electron chi connectivity index (χ0n) is 16.2. The van der Waals surface area contributed by atoms with Crippen molar-refractivity contribution < 1.29 is 4.79 Å². The van der Waals surface area contributed by atoms with Gasteiger partial charge in [0.15, 0.2) is 0 Å². The highest BCUT2D eigenvalue weighted by Crippen LogP contribution is 2.31. The van der Waals surface area contributed by atoms with Gasteiger partial charge in [0.25, 0.3) is 0 Å². The molecule has 0 spiro atoms. The van der Waals surface area contributed by atoms with Gasteiger partial charge < -0.3 is 15.5 Å². The van der Waals surface area contributed by atoms with Crippen molar-refractivity contribution in [3.05, 3.63) is 0 Å². The van der Waals surface area contributed by atoms with Gasteiger partial charge in [-0.3, -0.25) is 0 Å². The Labute approximate surface area is 158 Å². The maximum atomic E-state index is 12.9. The molecule has 2 N–H and O–H groups in total. The third-order valence-electron chi connectivity index (χ3n) is 6.80. The van der Waals surface area contributed by atoms with E-state index < -0.39 is 0 Å². The first-order valence-corrected chi connectivity index (χ1v) is 10.9. The van der Waals surface area contributed by atoms with E-state index in [-0.39, 0.29) is 18.0 Å². The zero-order valence-corrected chi connectivity index (χ0v) is 16.2. The quantitative estimate of drug-likeness (QED) is 0.759. The highest BCUT2D eigenvalue weighted by atomic mass is 16.2. The van der Waals surface area contributed by atoms with Crippen LogP contribution in [0.1, 0.15) is 70.6 Å². The van der Waals surface area contributed by atoms with E-state index in [4.69, 9.17) is 0 Å². The number of carbonyl (C=O) groups excluding carboxylic acids is 1. The molecule has 1 saturated heterocycles. The van der Waals surface area contributed by atoms with Crippen molar-refractivity contribution >= 4 is 6.03 Å². The Morgan fingerprint density at radius 2 is 1.85 bits per heavy atom. The van der Waals surface area contributed by atoms with Crippen LogP contribution < -0.4 is 10.6 Å². The molecule has 1 aliphatic heterocycles. The molecule has 0 aromatic carbocycles. The van der Waals surface area contributed by atoms with Crippen molar-refractivity contribution in [2.45, 2.75) is 76.7 Å². The van der Waals surface area contributed by atoms with Crippen LogP contribution in [0.25, 0.3) is 0 Å². The predicted octanol–water partition coefficient (Wildman–Crippen LogP) is 3.66. The number of amides is 2. The standard InChI is InChI=1S/C21H36N4O/c22-14-18-8-4-5-9-19(18)16-25(20-11-12-23-15-20)21(26)24-13-10-17-6-2-1-3-7-17/h17-20,23H,1-13,15-16H2,(H,24,26). The van der Waals surface area contributed by atoms with Crippen LogP contribution in [0, 0.1) is 29.1 Å². The van der Waals surface area contributed by atoms with E-state index in [0.29, 0.717) is 5.92 Å². The predicted molar refractivity (Wildman–Crippen MR) is 104 cm³/mol. The van der Waals surface area contributed by atoms with E-state index in [2.05, 4.69) is 21.6 Å². The van der Waals surface area contributed by atoms with Crippen LogP contribution in [0.3, 0.4) is 0 Å². The van der Waals surface area contributed by atoms with Crippen LogP contribution in [-0.4, -0.2) is 43.2 Å². The molecule has 0 aromatic rings. The summed E-state index contributed by atoms with van der Waals surface area (Å²) in [5, 5.41) is 16.1. The van der Waals surface area contributed by atoms with E-state index in [9.17, 15) is 10.1 Å². The summed E-state index contributed by atoms with van der Waals surface area (Å²) in [7, 11) is 0. The number of rotatable bonds is 6. The normalized spacial score (nSPS) is 29.9. The van der Waals surface area contributed by atoms with Crippen LogP contribution in [0.15, 0.2) is 0 Å². The van der Waals surface area contributed by atoms with Gasteiger partial charge in [0.05, 0.1) is 12.0 Å². The molecule has 146 valence electrons. The fraction of sp³-hybridized carbons (Fsp3) is 0.905. The molecule has 0 radical (unpaired) electrons. The van der Waals surface area contributed by atoms with Crippen molar-refractivity contribution in [1.82, 2.24) is 15.5 Å². The summed E-state index contributed by atoms with van der Waals surface area (Å²) in [4.78, 5) is 15.0. The Balaban J connectivity index is 1.52. The minimum Gasteiger partial charge on any atom is -0.338 e. The average molecular weight is 361 g/mol. The van der Waals surface area contributed by atoms with E-state index in [1.165, 1.54) is 38.5 Å². The fourth-order valence-electron chi connectivity index (χ4n) is 5.11. The first-order chi connectivity index (χ1) is 12.8. The summed E-state index contributed by atoms with van der Waals surface area (Å²) in [5.41, 5.74) is 0. The number of nitriles is 1. The summed E-state index contributed by atoms with van der Waals surface area (Å²) in [5.74, 6) is 1.26. The van der Waals surface area contributed by atoms with Crippen LogP contribution in [0.2, 0.25) is 0 Å². The lowest BCUT2D eigenvalue weighted by atomic mass is 9.79. The van der Waals surface area contributed by atoms with Gasteiger partial charge in [-0.15, -0.1) is 0 Å². The molecule has 2 saturated carbocycles. The van der Waals surface area contributed by atoms with E-state index in [1.54, 1.807) is 0 Å². The Morgan fingerprint density at radius 3 is 2.58 bits per heavy atom. The minimum absolute atomic E-state index is 0.0942. The molecule has 0 aromatic heterocycles. The van der Waals surface area contributed by atoms with Gasteiger partial charge in [-0.05, 0) is 44.1 Å². The molecule has 3 aliphatic rings. The van der Waals surface area contributed by atoms with Crippen molar-refractivity contribution in [1.29, 1.82) is 5.26 Å². The molecular weight excluding hydrogens is 324 g/mol. The van der Waals surface area contributed by atoms with Gasteiger partial charge in [-0.2, -0.15) is 5.26 Å². The zero-order chi connectivity index (χ0) is 18.2. The van der Waals surface area contributed by atoms with Crippen LogP contribution >= 0.6 is 0 Å². The molecule has 0 bridgehead atoms. The Bertz CT molecular complexity index is 477. The average Bonchev–Trinajstić information content (AvgIpc) is 3.21. The Kier molecular flexibility index (Phi) is 7.61. The molecule has 3 fully saturated rings. The highest BCUT2D eigenvalue weighted by Gasteiger charge is 2.33. The molecule has 26 heavy (non-hydrogen) atoms. The lowest BCUT2D eigenvalue weighted by molar-refractivity contribution is 0.144. The van der Waals surface area contributed by atoms with Crippen molar-refractivity contribution in [2.75, 3.05) is 26.2 Å². The summed E-state index contributed by atoms with van der Waals surface area (Å²) in [6, 6.07) is 2.88. The van der Waals surface area contributed by atoms with Crippen molar-refractivity contribution in [3.63, 3.8) is 0 Å². The number of urea groups is 1. The van der Waals surface area contributed by atoms with Crippen LogP contribution in [0.4, 0.5) is 4.79 Å². The molecule has 2 aliphatic carbocycles. The summed E-state index contributed by atoms with van der Waals surface area (Å²) < 4.78 is 0. The first kappa shape index (κ1) is 19.5. The van der Waals surface area contributed by atoms with Crippen LogP contribution in [-0.2, 0) is 0 Å². The summed E-state index contributed by atoms with van der Waals surface area (Å²) in [6.07, 6.45) is 13.3. The van der Waals surface area contributed by atoms with Crippen LogP contribution in [0.5, 0.6) is 0 Å². The second-order valence-corrected chi connectivity index (χ2v) is 8.60. The van der Waals surface area contributed by atoms with Crippen molar-refractivity contribution in [3.8, 4) is 6.07 Å². The Hall–Kier alpha value is -1.28. The molecule has 3 atom stereocenters. The van der Waals surface area contributed by atoms with Crippen molar-refractivity contribution in [2.24, 2.45) is 17.8 Å². The topological polar surface area (TPSA) is 68.2 Å². The van der Waals surface area contributed by atoms with Gasteiger partial charge >= 0.3 is 6.03 Å². The minimum atomic E-state index is 0.0942. The smallest absolute Gasteiger partial charge is 0.317 e. The van der Waals surface area contributed by atoms with Gasteiger partial charge in [0.1, 0.15) is 0 Å². The molecular formula is C21H36N4O. The maximum absolute atomic E-state index is 12.9. The molecule has 3 rings (SSSR count). The SMILES string of the molecule is N#CC1CCCCC1CN(C(=O)NCCC1CCCCC1)C1CCNC1. The summed E-state index contributed by atoms with van der Waals surface area (Å²) in [6.45, 7) is 3.43. The molecule has 2 amide bonds. The largest absolute Gasteiger partial charge is 0.338 e. The second-order valence-electron chi connectivity index (χ2n) is 8.60. The number of carbonyl (C=O) groups is 1. The third-order valence-corrected chi connectivity index (χ3v) is 6.80. The molecule has 5 nitrogen and oxygen atoms in total. The number of nitrogens with zero attached hydrogens (tertiary/aromatic N) is 2. The molecule has 3 unspecified atom stereocenters. The monoisotopic (exact) mass is 360 g/mol. The first-order valence-electron chi connectivity index (χ1n) is 10.9. The fourth-order valence-corrected chi connectivity index (χ4v) is 5.11. The van der Waals surface area contributed by atoms with E-state index in [0.717, 1.165) is 64.2 Å². The second kappa shape index (κ2) is 10.2. The van der Waals surface area contributed by atoms with E-state index >= 15 is 0 Å². The Morgan fingerprint density at radius 1 is 1.08 bits per heavy atom.